The average Bonchev–Trinajstić information content (AvgIpc) is 1.82. The highest BCUT2D eigenvalue weighted by Gasteiger charge is 2.22. The van der Waals surface area contributed by atoms with Crippen molar-refractivity contribution >= 4 is 22.1 Å². The molecule has 6 heteroatoms. The Morgan fingerprint density at radius 2 is 2.25 bits per heavy atom. The van der Waals surface area contributed by atoms with Crippen molar-refractivity contribution in [2.45, 2.75) is 31.1 Å². The van der Waals surface area contributed by atoms with Crippen LogP contribution in [-0.2, 0) is 10.3 Å². The van der Waals surface area contributed by atoms with E-state index in [0.717, 1.165) is 18.6 Å². The molecule has 0 amide bonds. The Bertz CT molecular complexity index is 239. The molecule has 0 saturated carbocycles. The minimum Gasteiger partial charge on any atom is -0.273 e. The standard InChI is InChI=1S/C6H13NO3S2/c1-5-4-6(2-3-11-5)7-12(8,9)10/h5-7H,2-4H2,1H3,(H,8,9,10)/t5-,6+/m1/s1. The highest BCUT2D eigenvalue weighted by Crippen LogP contribution is 2.24. The van der Waals surface area contributed by atoms with Crippen molar-refractivity contribution in [2.75, 3.05) is 5.75 Å². The Hall–Kier alpha value is 0.220. The molecule has 72 valence electrons. The van der Waals surface area contributed by atoms with Gasteiger partial charge in [-0.2, -0.15) is 24.9 Å². The van der Waals surface area contributed by atoms with Crippen LogP contribution in [0.3, 0.4) is 0 Å². The fourth-order valence-corrected chi connectivity index (χ4v) is 3.14. The van der Waals surface area contributed by atoms with E-state index < -0.39 is 10.3 Å². The third kappa shape index (κ3) is 3.75. The second kappa shape index (κ2) is 3.95. The quantitative estimate of drug-likeness (QED) is 0.659. The van der Waals surface area contributed by atoms with Crippen LogP contribution < -0.4 is 4.72 Å². The van der Waals surface area contributed by atoms with E-state index in [1.807, 2.05) is 11.8 Å². The third-order valence-electron chi connectivity index (χ3n) is 1.80. The Morgan fingerprint density at radius 3 is 2.75 bits per heavy atom. The summed E-state index contributed by atoms with van der Waals surface area (Å²) in [4.78, 5) is 0. The van der Waals surface area contributed by atoms with Gasteiger partial charge in [0.15, 0.2) is 0 Å². The van der Waals surface area contributed by atoms with Crippen LogP contribution in [0.1, 0.15) is 19.8 Å². The smallest absolute Gasteiger partial charge is 0.273 e. The van der Waals surface area contributed by atoms with Crippen molar-refractivity contribution < 1.29 is 13.0 Å². The number of rotatable bonds is 2. The molecule has 0 aliphatic carbocycles. The molecule has 0 aromatic carbocycles. The Morgan fingerprint density at radius 1 is 1.58 bits per heavy atom. The summed E-state index contributed by atoms with van der Waals surface area (Å²) in [7, 11) is -4.01. The van der Waals surface area contributed by atoms with Crippen molar-refractivity contribution in [3.8, 4) is 0 Å². The molecule has 0 spiro atoms. The molecule has 1 fully saturated rings. The lowest BCUT2D eigenvalue weighted by Gasteiger charge is -2.25. The van der Waals surface area contributed by atoms with Gasteiger partial charge >= 0.3 is 10.3 Å². The molecule has 1 saturated heterocycles. The van der Waals surface area contributed by atoms with Crippen LogP contribution in [0, 0.1) is 0 Å². The number of thioether (sulfide) groups is 1. The van der Waals surface area contributed by atoms with E-state index in [-0.39, 0.29) is 6.04 Å². The number of hydrogen-bond donors (Lipinski definition) is 2. The summed E-state index contributed by atoms with van der Waals surface area (Å²) in [5.74, 6) is 0.953. The lowest BCUT2D eigenvalue weighted by atomic mass is 10.1. The average molecular weight is 211 g/mol. The van der Waals surface area contributed by atoms with Crippen molar-refractivity contribution in [3.63, 3.8) is 0 Å². The van der Waals surface area contributed by atoms with Gasteiger partial charge in [-0.25, -0.2) is 0 Å². The van der Waals surface area contributed by atoms with Gasteiger partial charge in [-0.3, -0.25) is 4.55 Å². The zero-order valence-electron chi connectivity index (χ0n) is 6.86. The lowest BCUT2D eigenvalue weighted by molar-refractivity contribution is 0.437. The van der Waals surface area contributed by atoms with E-state index in [0.29, 0.717) is 5.25 Å². The predicted molar refractivity (Wildman–Crippen MR) is 49.6 cm³/mol. The summed E-state index contributed by atoms with van der Waals surface area (Å²) in [5, 5.41) is 0.470. The summed E-state index contributed by atoms with van der Waals surface area (Å²) >= 11 is 1.83. The van der Waals surface area contributed by atoms with Crippen molar-refractivity contribution in [1.82, 2.24) is 4.72 Å². The molecule has 0 aromatic rings. The molecule has 1 aliphatic rings. The van der Waals surface area contributed by atoms with Crippen LogP contribution >= 0.6 is 11.8 Å². The molecule has 2 N–H and O–H groups in total. The summed E-state index contributed by atoms with van der Waals surface area (Å²) < 4.78 is 31.6. The monoisotopic (exact) mass is 211 g/mol. The fraction of sp³-hybridized carbons (Fsp3) is 1.00. The summed E-state index contributed by atoms with van der Waals surface area (Å²) in [6.07, 6.45) is 1.60. The summed E-state index contributed by atoms with van der Waals surface area (Å²) in [6.45, 7) is 2.06. The molecule has 1 rings (SSSR count). The fourth-order valence-electron chi connectivity index (χ4n) is 1.32. The van der Waals surface area contributed by atoms with Crippen LogP contribution in [0.2, 0.25) is 0 Å². The van der Waals surface area contributed by atoms with Gasteiger partial charge in [-0.1, -0.05) is 6.92 Å². The maximum Gasteiger partial charge on any atom is 0.333 e. The van der Waals surface area contributed by atoms with Crippen LogP contribution in [0.4, 0.5) is 0 Å². The maximum atomic E-state index is 10.4. The molecule has 1 aliphatic heterocycles. The molecule has 1 heterocycles. The molecular formula is C6H13NO3S2. The molecule has 0 aromatic heterocycles. The van der Waals surface area contributed by atoms with Gasteiger partial charge in [0.2, 0.25) is 0 Å². The Labute approximate surface area is 77.0 Å². The van der Waals surface area contributed by atoms with Gasteiger partial charge in [0.1, 0.15) is 0 Å². The first-order valence-electron chi connectivity index (χ1n) is 3.84. The molecule has 4 nitrogen and oxygen atoms in total. The Balaban J connectivity index is 2.43. The number of nitrogens with one attached hydrogen (secondary N) is 1. The number of hydrogen-bond acceptors (Lipinski definition) is 3. The lowest BCUT2D eigenvalue weighted by Crippen LogP contribution is -2.38. The molecule has 12 heavy (non-hydrogen) atoms. The third-order valence-corrected chi connectivity index (χ3v) is 3.66. The molecule has 0 radical (unpaired) electrons. The van der Waals surface area contributed by atoms with Crippen LogP contribution in [-0.4, -0.2) is 30.0 Å². The van der Waals surface area contributed by atoms with Crippen LogP contribution in [0.25, 0.3) is 0 Å². The summed E-state index contributed by atoms with van der Waals surface area (Å²) in [5.41, 5.74) is 0. The van der Waals surface area contributed by atoms with Crippen LogP contribution in [0.15, 0.2) is 0 Å². The van der Waals surface area contributed by atoms with E-state index in [1.54, 1.807) is 0 Å². The minimum atomic E-state index is -4.01. The maximum absolute atomic E-state index is 10.4. The molecule has 0 unspecified atom stereocenters. The zero-order chi connectivity index (χ0) is 9.19. The van der Waals surface area contributed by atoms with Gasteiger partial charge in [0.25, 0.3) is 0 Å². The summed E-state index contributed by atoms with van der Waals surface area (Å²) in [6, 6.07) is -0.0868. The van der Waals surface area contributed by atoms with Crippen molar-refractivity contribution in [3.05, 3.63) is 0 Å². The first-order chi connectivity index (χ1) is 5.47. The van der Waals surface area contributed by atoms with Gasteiger partial charge < -0.3 is 0 Å². The van der Waals surface area contributed by atoms with E-state index in [4.69, 9.17) is 4.55 Å². The second-order valence-electron chi connectivity index (χ2n) is 3.00. The van der Waals surface area contributed by atoms with Crippen molar-refractivity contribution in [2.24, 2.45) is 0 Å². The highest BCUT2D eigenvalue weighted by molar-refractivity contribution is 7.99. The van der Waals surface area contributed by atoms with E-state index in [9.17, 15) is 8.42 Å². The molecule has 0 bridgehead atoms. The van der Waals surface area contributed by atoms with Gasteiger partial charge in [-0.05, 0) is 18.6 Å². The zero-order valence-corrected chi connectivity index (χ0v) is 8.49. The van der Waals surface area contributed by atoms with E-state index in [1.165, 1.54) is 0 Å². The minimum absolute atomic E-state index is 0.0868. The second-order valence-corrected chi connectivity index (χ2v) is 5.73. The topological polar surface area (TPSA) is 66.4 Å². The van der Waals surface area contributed by atoms with Gasteiger partial charge in [-0.15, -0.1) is 0 Å². The largest absolute Gasteiger partial charge is 0.333 e. The molecular weight excluding hydrogens is 198 g/mol. The first-order valence-corrected chi connectivity index (χ1v) is 6.32. The first kappa shape index (κ1) is 10.3. The normalized spacial score (nSPS) is 31.8. The van der Waals surface area contributed by atoms with Gasteiger partial charge in [0.05, 0.1) is 0 Å². The highest BCUT2D eigenvalue weighted by atomic mass is 32.2. The molecule has 2 atom stereocenters. The van der Waals surface area contributed by atoms with Gasteiger partial charge in [0, 0.05) is 11.3 Å². The Kier molecular flexibility index (Phi) is 3.39. The predicted octanol–water partition coefficient (Wildman–Crippen LogP) is 0.663. The SMILES string of the molecule is C[C@@H]1C[C@@H](NS(=O)(=O)O)CCS1. The van der Waals surface area contributed by atoms with E-state index in [2.05, 4.69) is 11.6 Å². The van der Waals surface area contributed by atoms with E-state index >= 15 is 0 Å². The van der Waals surface area contributed by atoms with Crippen molar-refractivity contribution in [1.29, 1.82) is 0 Å². The van der Waals surface area contributed by atoms with Crippen LogP contribution in [0.5, 0.6) is 0 Å².